The van der Waals surface area contributed by atoms with Crippen LogP contribution in [0.5, 0.6) is 0 Å². The maximum atomic E-state index is 9.19. The molecule has 0 aromatic carbocycles. The van der Waals surface area contributed by atoms with Crippen LogP contribution in [0.4, 0.5) is 5.82 Å². The highest BCUT2D eigenvalue weighted by molar-refractivity contribution is 9.10. The lowest BCUT2D eigenvalue weighted by atomic mass is 9.96. The van der Waals surface area contributed by atoms with Crippen LogP contribution in [0.25, 0.3) is 0 Å². The molecule has 19 heavy (non-hydrogen) atoms. The van der Waals surface area contributed by atoms with Gasteiger partial charge in [0.2, 0.25) is 0 Å². The van der Waals surface area contributed by atoms with Gasteiger partial charge in [-0.05, 0) is 53.8 Å². The average molecular weight is 323 g/mol. The Hall–Kier alpha value is -1.12. The molecule has 0 spiro atoms. The number of rotatable bonds is 4. The number of nitriles is 1. The van der Waals surface area contributed by atoms with Gasteiger partial charge in [0.05, 0.1) is 5.56 Å². The predicted octanol–water partition coefficient (Wildman–Crippen LogP) is 2.54. The third kappa shape index (κ3) is 3.68. The molecule has 1 fully saturated rings. The maximum absolute atomic E-state index is 9.19. The molecule has 0 amide bonds. The van der Waals surface area contributed by atoms with Crippen LogP contribution in [0.1, 0.15) is 25.3 Å². The number of hydrogen-bond acceptors (Lipinski definition) is 4. The van der Waals surface area contributed by atoms with Gasteiger partial charge < -0.3 is 10.2 Å². The Balaban J connectivity index is 2.00. The van der Waals surface area contributed by atoms with Gasteiger partial charge in [0.15, 0.2) is 0 Å². The van der Waals surface area contributed by atoms with Crippen molar-refractivity contribution >= 4 is 21.7 Å². The minimum atomic E-state index is 0.652. The maximum Gasteiger partial charge on any atom is 0.146 e. The minimum absolute atomic E-state index is 0.652. The fourth-order valence-corrected chi connectivity index (χ4v) is 2.79. The molecule has 0 aliphatic carbocycles. The lowest BCUT2D eigenvalue weighted by Crippen LogP contribution is -2.38. The zero-order valence-corrected chi connectivity index (χ0v) is 12.8. The van der Waals surface area contributed by atoms with Crippen molar-refractivity contribution in [3.63, 3.8) is 0 Å². The number of hydrogen-bond donors (Lipinski definition) is 1. The monoisotopic (exact) mass is 322 g/mol. The van der Waals surface area contributed by atoms with E-state index in [4.69, 9.17) is 0 Å². The number of nitrogens with zero attached hydrogens (tertiary/aromatic N) is 3. The van der Waals surface area contributed by atoms with E-state index in [9.17, 15) is 5.26 Å². The zero-order valence-electron chi connectivity index (χ0n) is 11.2. The first kappa shape index (κ1) is 14.3. The standard InChI is InChI=1S/C14H19BrN4/c1-2-17-9-11-3-5-19(6-4-11)14-12(8-16)7-13(15)10-18-14/h7,10-11,17H,2-6,9H2,1H3. The van der Waals surface area contributed by atoms with Gasteiger partial charge in [0.1, 0.15) is 11.9 Å². The van der Waals surface area contributed by atoms with E-state index in [1.807, 2.05) is 6.07 Å². The van der Waals surface area contributed by atoms with Gasteiger partial charge in [-0.25, -0.2) is 4.98 Å². The molecular weight excluding hydrogens is 304 g/mol. The molecule has 1 saturated heterocycles. The molecule has 1 aliphatic heterocycles. The van der Waals surface area contributed by atoms with Crippen LogP contribution >= 0.6 is 15.9 Å². The van der Waals surface area contributed by atoms with Crippen molar-refractivity contribution in [2.45, 2.75) is 19.8 Å². The zero-order chi connectivity index (χ0) is 13.7. The highest BCUT2D eigenvalue weighted by atomic mass is 79.9. The van der Waals surface area contributed by atoms with E-state index in [0.717, 1.165) is 55.2 Å². The number of pyridine rings is 1. The number of aromatic nitrogens is 1. The highest BCUT2D eigenvalue weighted by Gasteiger charge is 2.21. The van der Waals surface area contributed by atoms with Gasteiger partial charge in [0.25, 0.3) is 0 Å². The van der Waals surface area contributed by atoms with Gasteiger partial charge in [-0.3, -0.25) is 0 Å². The second kappa shape index (κ2) is 6.88. The van der Waals surface area contributed by atoms with Gasteiger partial charge in [-0.2, -0.15) is 5.26 Å². The van der Waals surface area contributed by atoms with Crippen molar-refractivity contribution in [1.29, 1.82) is 5.26 Å². The molecule has 5 heteroatoms. The summed E-state index contributed by atoms with van der Waals surface area (Å²) in [6.07, 6.45) is 4.09. The van der Waals surface area contributed by atoms with Crippen molar-refractivity contribution in [3.8, 4) is 6.07 Å². The van der Waals surface area contributed by atoms with Crippen LogP contribution in [0.3, 0.4) is 0 Å². The molecule has 102 valence electrons. The average Bonchev–Trinajstić information content (AvgIpc) is 2.45. The molecule has 4 nitrogen and oxygen atoms in total. The third-order valence-corrected chi connectivity index (χ3v) is 3.98. The molecule has 0 bridgehead atoms. The molecular formula is C14H19BrN4. The first-order valence-electron chi connectivity index (χ1n) is 6.76. The normalized spacial score (nSPS) is 16.4. The summed E-state index contributed by atoms with van der Waals surface area (Å²) in [5, 5.41) is 12.6. The summed E-state index contributed by atoms with van der Waals surface area (Å²) >= 11 is 3.36. The molecule has 1 aliphatic rings. The molecule has 1 aromatic heterocycles. The lowest BCUT2D eigenvalue weighted by Gasteiger charge is -2.33. The Labute approximate surface area is 122 Å². The number of nitrogens with one attached hydrogen (secondary N) is 1. The predicted molar refractivity (Wildman–Crippen MR) is 80.1 cm³/mol. The van der Waals surface area contributed by atoms with Crippen molar-refractivity contribution in [1.82, 2.24) is 10.3 Å². The molecule has 0 atom stereocenters. The quantitative estimate of drug-likeness (QED) is 0.925. The Morgan fingerprint density at radius 2 is 2.26 bits per heavy atom. The van der Waals surface area contributed by atoms with Crippen LogP contribution in [0, 0.1) is 17.2 Å². The van der Waals surface area contributed by atoms with Crippen LogP contribution in [0.2, 0.25) is 0 Å². The van der Waals surface area contributed by atoms with Gasteiger partial charge >= 0.3 is 0 Å². The largest absolute Gasteiger partial charge is 0.356 e. The summed E-state index contributed by atoms with van der Waals surface area (Å²) in [6, 6.07) is 4.07. The van der Waals surface area contributed by atoms with Crippen molar-refractivity contribution < 1.29 is 0 Å². The molecule has 1 aromatic rings. The number of piperidine rings is 1. The minimum Gasteiger partial charge on any atom is -0.356 e. The van der Waals surface area contributed by atoms with E-state index in [-0.39, 0.29) is 0 Å². The second-order valence-electron chi connectivity index (χ2n) is 4.87. The smallest absolute Gasteiger partial charge is 0.146 e. The third-order valence-electron chi connectivity index (χ3n) is 3.55. The Kier molecular flexibility index (Phi) is 5.17. The van der Waals surface area contributed by atoms with E-state index in [0.29, 0.717) is 5.56 Å². The number of anilines is 1. The van der Waals surface area contributed by atoms with Crippen LogP contribution in [-0.2, 0) is 0 Å². The van der Waals surface area contributed by atoms with E-state index in [1.165, 1.54) is 0 Å². The summed E-state index contributed by atoms with van der Waals surface area (Å²) in [4.78, 5) is 6.63. The van der Waals surface area contributed by atoms with Crippen LogP contribution < -0.4 is 10.2 Å². The fraction of sp³-hybridized carbons (Fsp3) is 0.571. The van der Waals surface area contributed by atoms with E-state index in [1.54, 1.807) is 6.20 Å². The summed E-state index contributed by atoms with van der Waals surface area (Å²) < 4.78 is 0.856. The van der Waals surface area contributed by atoms with Crippen LogP contribution in [0.15, 0.2) is 16.7 Å². The van der Waals surface area contributed by atoms with Crippen molar-refractivity contribution in [2.24, 2.45) is 5.92 Å². The van der Waals surface area contributed by atoms with Crippen molar-refractivity contribution in [2.75, 3.05) is 31.1 Å². The number of halogens is 1. The topological polar surface area (TPSA) is 52.0 Å². The van der Waals surface area contributed by atoms with E-state index < -0.39 is 0 Å². The summed E-state index contributed by atoms with van der Waals surface area (Å²) in [7, 11) is 0. The Bertz CT molecular complexity index is 461. The van der Waals surface area contributed by atoms with E-state index >= 15 is 0 Å². The fourth-order valence-electron chi connectivity index (χ4n) is 2.46. The van der Waals surface area contributed by atoms with Gasteiger partial charge in [0, 0.05) is 23.8 Å². The van der Waals surface area contributed by atoms with Gasteiger partial charge in [-0.1, -0.05) is 6.92 Å². The van der Waals surface area contributed by atoms with Gasteiger partial charge in [-0.15, -0.1) is 0 Å². The molecule has 1 N–H and O–H groups in total. The molecule has 0 unspecified atom stereocenters. The Morgan fingerprint density at radius 1 is 1.53 bits per heavy atom. The van der Waals surface area contributed by atoms with Crippen molar-refractivity contribution in [3.05, 3.63) is 22.3 Å². The highest BCUT2D eigenvalue weighted by Crippen LogP contribution is 2.25. The summed E-state index contributed by atoms with van der Waals surface area (Å²) in [6.45, 7) is 6.25. The van der Waals surface area contributed by atoms with Crippen LogP contribution in [-0.4, -0.2) is 31.2 Å². The first-order chi connectivity index (χ1) is 9.24. The SMILES string of the molecule is CCNCC1CCN(c2ncc(Br)cc2C#N)CC1. The molecule has 0 radical (unpaired) electrons. The second-order valence-corrected chi connectivity index (χ2v) is 5.79. The Morgan fingerprint density at radius 3 is 2.89 bits per heavy atom. The first-order valence-corrected chi connectivity index (χ1v) is 7.55. The molecule has 2 rings (SSSR count). The molecule has 2 heterocycles. The summed E-state index contributed by atoms with van der Waals surface area (Å²) in [5.41, 5.74) is 0.652. The molecule has 0 saturated carbocycles. The summed E-state index contributed by atoms with van der Waals surface area (Å²) in [5.74, 6) is 1.57. The van der Waals surface area contributed by atoms with E-state index in [2.05, 4.69) is 44.1 Å². The lowest BCUT2D eigenvalue weighted by molar-refractivity contribution is 0.385.